The van der Waals surface area contributed by atoms with Gasteiger partial charge in [-0.1, -0.05) is 0 Å². The van der Waals surface area contributed by atoms with E-state index < -0.39 is 12.3 Å². The smallest absolute Gasteiger partial charge is 0.491 e. The van der Waals surface area contributed by atoms with Gasteiger partial charge in [0, 0.05) is 29.9 Å². The molecule has 0 aliphatic heterocycles. The van der Waals surface area contributed by atoms with Gasteiger partial charge in [0.25, 0.3) is 5.91 Å². The molecule has 0 saturated carbocycles. The third-order valence-corrected chi connectivity index (χ3v) is 5.76. The van der Waals surface area contributed by atoms with Crippen molar-refractivity contribution in [3.8, 4) is 11.5 Å². The molecule has 1 amide bonds. The Morgan fingerprint density at radius 2 is 1.83 bits per heavy atom. The van der Waals surface area contributed by atoms with Gasteiger partial charge in [-0.2, -0.15) is 0 Å². The molecule has 35 heavy (non-hydrogen) atoms. The lowest BCUT2D eigenvalue weighted by atomic mass is 10.1. The van der Waals surface area contributed by atoms with E-state index in [0.29, 0.717) is 28.5 Å². The summed E-state index contributed by atoms with van der Waals surface area (Å²) in [4.78, 5) is 17.6. The maximum atomic E-state index is 12.8. The van der Waals surface area contributed by atoms with E-state index >= 15 is 0 Å². The molecule has 0 aliphatic rings. The van der Waals surface area contributed by atoms with Crippen molar-refractivity contribution in [2.75, 3.05) is 23.8 Å². The Morgan fingerprint density at radius 3 is 2.57 bits per heavy atom. The zero-order chi connectivity index (χ0) is 24.8. The molecule has 0 aliphatic carbocycles. The van der Waals surface area contributed by atoms with Gasteiger partial charge in [0.1, 0.15) is 23.0 Å². The quantitative estimate of drug-likeness (QED) is 0.282. The number of nitrogens with zero attached hydrogens (tertiary/aromatic N) is 1. The average Bonchev–Trinajstić information content (AvgIpc) is 3.30. The number of rotatable bonds is 9. The number of halogens is 3. The van der Waals surface area contributed by atoms with Crippen molar-refractivity contribution in [3.63, 3.8) is 0 Å². The number of aromatic nitrogens is 1. The summed E-state index contributed by atoms with van der Waals surface area (Å²) in [7, 11) is 0. The van der Waals surface area contributed by atoms with E-state index in [1.54, 1.807) is 29.8 Å². The number of anilines is 2. The number of pyridine rings is 1. The third kappa shape index (κ3) is 6.40. The second-order valence-corrected chi connectivity index (χ2v) is 8.18. The van der Waals surface area contributed by atoms with Gasteiger partial charge < -0.3 is 25.2 Å². The summed E-state index contributed by atoms with van der Waals surface area (Å²) in [6, 6.07) is 14.1. The van der Waals surface area contributed by atoms with Crippen LogP contribution in [0.5, 0.6) is 11.5 Å². The van der Waals surface area contributed by atoms with Crippen LogP contribution in [-0.4, -0.2) is 35.6 Å². The highest BCUT2D eigenvalue weighted by molar-refractivity contribution is 7.12. The number of hydrogen-bond acceptors (Lipinski definition) is 7. The fourth-order valence-corrected chi connectivity index (χ4v) is 4.10. The molecular weight excluding hydrogens is 483 g/mol. The fraction of sp³-hybridized carbons (Fsp3) is 0.167. The minimum absolute atomic E-state index is 0.0796. The van der Waals surface area contributed by atoms with Gasteiger partial charge in [0.2, 0.25) is 0 Å². The first kappa shape index (κ1) is 24.3. The minimum atomic E-state index is -4.78. The van der Waals surface area contributed by atoms with E-state index in [0.717, 1.165) is 28.6 Å². The molecule has 0 spiro atoms. The van der Waals surface area contributed by atoms with E-state index in [4.69, 9.17) is 9.84 Å². The van der Waals surface area contributed by atoms with Crippen LogP contribution in [0.3, 0.4) is 0 Å². The zero-order valence-corrected chi connectivity index (χ0v) is 18.9. The van der Waals surface area contributed by atoms with Gasteiger partial charge in [-0.15, -0.1) is 24.5 Å². The van der Waals surface area contributed by atoms with Gasteiger partial charge in [-0.05, 0) is 59.5 Å². The molecule has 0 fully saturated rings. The van der Waals surface area contributed by atoms with Crippen LogP contribution >= 0.6 is 11.3 Å². The van der Waals surface area contributed by atoms with Crippen molar-refractivity contribution in [1.82, 2.24) is 4.98 Å². The van der Waals surface area contributed by atoms with Crippen LogP contribution in [0.1, 0.15) is 15.2 Å². The number of fused-ring (bicyclic) bond motifs is 1. The van der Waals surface area contributed by atoms with Gasteiger partial charge in [-0.3, -0.25) is 9.78 Å². The first-order valence-corrected chi connectivity index (χ1v) is 11.3. The lowest BCUT2D eigenvalue weighted by Gasteiger charge is -2.12. The molecule has 0 saturated heterocycles. The molecule has 0 atom stereocenters. The van der Waals surface area contributed by atoms with E-state index in [-0.39, 0.29) is 19.0 Å². The lowest BCUT2D eigenvalue weighted by Crippen LogP contribution is -2.17. The molecule has 182 valence electrons. The number of aliphatic hydroxyl groups excluding tert-OH is 1. The molecule has 7 nitrogen and oxygen atoms in total. The molecule has 11 heteroatoms. The summed E-state index contributed by atoms with van der Waals surface area (Å²) in [5.41, 5.74) is 2.66. The van der Waals surface area contributed by atoms with Gasteiger partial charge in [-0.25, -0.2) is 0 Å². The van der Waals surface area contributed by atoms with Crippen molar-refractivity contribution in [2.45, 2.75) is 12.9 Å². The summed E-state index contributed by atoms with van der Waals surface area (Å²) in [5, 5.41) is 17.5. The third-order valence-electron chi connectivity index (χ3n) is 4.85. The predicted molar refractivity (Wildman–Crippen MR) is 127 cm³/mol. The lowest BCUT2D eigenvalue weighted by molar-refractivity contribution is -0.274. The Morgan fingerprint density at radius 1 is 1.06 bits per heavy atom. The molecule has 2 aromatic carbocycles. The number of alkyl halides is 3. The highest BCUT2D eigenvalue weighted by Gasteiger charge is 2.31. The van der Waals surface area contributed by atoms with Crippen molar-refractivity contribution in [2.24, 2.45) is 0 Å². The summed E-state index contributed by atoms with van der Waals surface area (Å²) in [6.07, 6.45) is -3.10. The number of aliphatic hydroxyl groups is 1. The largest absolute Gasteiger partial charge is 0.573 e. The van der Waals surface area contributed by atoms with Crippen molar-refractivity contribution < 1.29 is 32.5 Å². The highest BCUT2D eigenvalue weighted by Crippen LogP contribution is 2.28. The molecule has 4 aromatic rings. The number of benzene rings is 2. The molecule has 0 unspecified atom stereocenters. The predicted octanol–water partition coefficient (Wildman–Crippen LogP) is 5.43. The number of ether oxygens (including phenoxy) is 2. The summed E-state index contributed by atoms with van der Waals surface area (Å²) < 4.78 is 46.2. The molecule has 3 N–H and O–H groups in total. The molecule has 0 bridgehead atoms. The van der Waals surface area contributed by atoms with Crippen LogP contribution in [0.4, 0.5) is 24.5 Å². The van der Waals surface area contributed by atoms with Gasteiger partial charge in [0.05, 0.1) is 17.8 Å². The van der Waals surface area contributed by atoms with E-state index in [2.05, 4.69) is 20.4 Å². The minimum Gasteiger partial charge on any atom is -0.491 e. The van der Waals surface area contributed by atoms with Crippen LogP contribution < -0.4 is 20.1 Å². The second-order valence-electron chi connectivity index (χ2n) is 7.26. The first-order valence-electron chi connectivity index (χ1n) is 10.4. The zero-order valence-electron chi connectivity index (χ0n) is 18.1. The maximum absolute atomic E-state index is 12.8. The van der Waals surface area contributed by atoms with Crippen molar-refractivity contribution >= 4 is 39.5 Å². The van der Waals surface area contributed by atoms with Crippen LogP contribution in [-0.2, 0) is 6.54 Å². The molecule has 0 radical (unpaired) electrons. The number of nitrogens with one attached hydrogen (secondary N) is 2. The number of amides is 1. The average molecular weight is 504 g/mol. The number of hydrogen-bond donors (Lipinski definition) is 3. The highest BCUT2D eigenvalue weighted by atomic mass is 32.1. The Bertz CT molecular complexity index is 1310. The van der Waals surface area contributed by atoms with E-state index in [1.165, 1.54) is 23.5 Å². The normalized spacial score (nSPS) is 11.3. The summed E-state index contributed by atoms with van der Waals surface area (Å²) >= 11 is 1.24. The number of thiophene rings is 1. The molecular formula is C24H20F3N3O4S. The number of carbonyl (C=O) groups excluding carboxylic acids is 1. The van der Waals surface area contributed by atoms with Crippen molar-refractivity contribution in [1.29, 1.82) is 0 Å². The van der Waals surface area contributed by atoms with Crippen LogP contribution in [0, 0.1) is 0 Å². The van der Waals surface area contributed by atoms with Crippen LogP contribution in [0.15, 0.2) is 66.2 Å². The first-order chi connectivity index (χ1) is 16.8. The van der Waals surface area contributed by atoms with Crippen LogP contribution in [0.2, 0.25) is 0 Å². The molecule has 2 aromatic heterocycles. The molecule has 2 heterocycles. The van der Waals surface area contributed by atoms with Gasteiger partial charge >= 0.3 is 6.36 Å². The van der Waals surface area contributed by atoms with Gasteiger partial charge in [0.15, 0.2) is 0 Å². The van der Waals surface area contributed by atoms with E-state index in [1.807, 2.05) is 12.1 Å². The Balaban J connectivity index is 1.42. The standard InChI is InChI=1S/C24H20F3N3O4S/c25-24(26,27)34-17-3-1-16(2-4-17)30-23(32)22-20(8-12-35-22)29-14-15-7-9-28-21-13-18(33-11-10-31)5-6-19(15)21/h1-9,12-13,29,31H,10-11,14H2,(H,30,32). The SMILES string of the molecule is O=C(Nc1ccc(OC(F)(F)F)cc1)c1sccc1NCc1ccnc2cc(OCCO)ccc12. The maximum Gasteiger partial charge on any atom is 0.573 e. The Kier molecular flexibility index (Phi) is 7.37. The number of carbonyl (C=O) groups is 1. The van der Waals surface area contributed by atoms with Crippen molar-refractivity contribution in [3.05, 3.63) is 76.6 Å². The molecule has 4 rings (SSSR count). The van der Waals surface area contributed by atoms with Crippen LogP contribution in [0.25, 0.3) is 10.9 Å². The van der Waals surface area contributed by atoms with E-state index in [9.17, 15) is 18.0 Å². The fourth-order valence-electron chi connectivity index (χ4n) is 3.34. The Labute approximate surface area is 202 Å². The Hall–Kier alpha value is -3.83. The summed E-state index contributed by atoms with van der Waals surface area (Å²) in [5.74, 6) is -0.151. The monoisotopic (exact) mass is 503 g/mol. The second kappa shape index (κ2) is 10.6. The summed E-state index contributed by atoms with van der Waals surface area (Å²) in [6.45, 7) is 0.543. The topological polar surface area (TPSA) is 92.7 Å².